The molecule has 0 aliphatic heterocycles. The number of hydrogen-bond acceptors (Lipinski definition) is 3. The zero-order chi connectivity index (χ0) is 22.0. The zero-order valence-electron chi connectivity index (χ0n) is 17.0. The highest BCUT2D eigenvalue weighted by molar-refractivity contribution is 6.31. The second-order valence-corrected chi connectivity index (χ2v) is 7.81. The average Bonchev–Trinajstić information content (AvgIpc) is 3.02. The minimum Gasteiger partial charge on any atom is -0.480 e. The average molecular weight is 432 g/mol. The quantitative estimate of drug-likeness (QED) is 0.593. The van der Waals surface area contributed by atoms with Crippen molar-refractivity contribution >= 4 is 34.4 Å². The fourth-order valence-corrected chi connectivity index (χ4v) is 3.61. The first kappa shape index (κ1) is 21.8. The largest absolute Gasteiger partial charge is 0.480 e. The van der Waals surface area contributed by atoms with Crippen molar-refractivity contribution in [1.82, 2.24) is 14.7 Å². The summed E-state index contributed by atoms with van der Waals surface area (Å²) in [7, 11) is 0. The highest BCUT2D eigenvalue weighted by Crippen LogP contribution is 2.33. The van der Waals surface area contributed by atoms with Crippen LogP contribution in [0.15, 0.2) is 36.4 Å². The van der Waals surface area contributed by atoms with E-state index in [1.807, 2.05) is 20.8 Å². The van der Waals surface area contributed by atoms with Crippen molar-refractivity contribution in [2.24, 2.45) is 5.92 Å². The van der Waals surface area contributed by atoms with Crippen molar-refractivity contribution in [3.8, 4) is 11.3 Å². The third-order valence-electron chi connectivity index (χ3n) is 4.87. The Kier molecular flexibility index (Phi) is 6.41. The monoisotopic (exact) mass is 431 g/mol. The number of hydrogen-bond donors (Lipinski definition) is 1. The van der Waals surface area contributed by atoms with Crippen LogP contribution in [0.5, 0.6) is 0 Å². The lowest BCUT2D eigenvalue weighted by Gasteiger charge is -2.24. The van der Waals surface area contributed by atoms with Crippen LogP contribution in [0.4, 0.5) is 4.39 Å². The maximum Gasteiger partial charge on any atom is 0.325 e. The van der Waals surface area contributed by atoms with Gasteiger partial charge in [-0.3, -0.25) is 14.3 Å². The predicted molar refractivity (Wildman–Crippen MR) is 114 cm³/mol. The summed E-state index contributed by atoms with van der Waals surface area (Å²) in [6.07, 6.45) is 0. The molecule has 0 bridgehead atoms. The molecule has 30 heavy (non-hydrogen) atoms. The molecule has 158 valence electrons. The van der Waals surface area contributed by atoms with Gasteiger partial charge in [0, 0.05) is 35.0 Å². The molecule has 1 amide bonds. The lowest BCUT2D eigenvalue weighted by molar-refractivity contribution is -0.138. The van der Waals surface area contributed by atoms with Crippen LogP contribution in [-0.2, 0) is 22.7 Å². The van der Waals surface area contributed by atoms with Gasteiger partial charge in [0.2, 0.25) is 5.91 Å². The van der Waals surface area contributed by atoms with Crippen molar-refractivity contribution in [2.45, 2.75) is 33.9 Å². The standard InChI is InChI=1S/C22H23ClFN3O3/c1-4-26(22(30)13(2)3)11-14-9-16(24)6-7-17(14)21-18-10-15(23)5-8-19(18)27(25-21)12-20(28)29/h5-10,13H,4,11-12H2,1-3H3,(H,28,29). The number of fused-ring (bicyclic) bond motifs is 1. The number of benzene rings is 2. The predicted octanol–water partition coefficient (Wildman–Crippen LogP) is 4.58. The van der Waals surface area contributed by atoms with Gasteiger partial charge in [-0.1, -0.05) is 25.4 Å². The maximum absolute atomic E-state index is 14.1. The van der Waals surface area contributed by atoms with E-state index >= 15 is 0 Å². The molecule has 0 unspecified atom stereocenters. The molecule has 1 N–H and O–H groups in total. The first-order chi connectivity index (χ1) is 14.2. The molecule has 1 aromatic heterocycles. The van der Waals surface area contributed by atoms with Crippen LogP contribution in [0.25, 0.3) is 22.2 Å². The molecular weight excluding hydrogens is 409 g/mol. The van der Waals surface area contributed by atoms with E-state index in [0.717, 1.165) is 0 Å². The first-order valence-electron chi connectivity index (χ1n) is 9.66. The first-order valence-corrected chi connectivity index (χ1v) is 10.0. The second kappa shape index (κ2) is 8.83. The van der Waals surface area contributed by atoms with E-state index in [9.17, 15) is 19.1 Å². The Morgan fingerprint density at radius 3 is 2.60 bits per heavy atom. The van der Waals surface area contributed by atoms with E-state index in [0.29, 0.717) is 39.3 Å². The van der Waals surface area contributed by atoms with Gasteiger partial charge in [0.25, 0.3) is 0 Å². The molecular formula is C22H23ClFN3O3. The summed E-state index contributed by atoms with van der Waals surface area (Å²) in [5.74, 6) is -1.66. The van der Waals surface area contributed by atoms with Crippen LogP contribution in [0.2, 0.25) is 5.02 Å². The number of nitrogens with zero attached hydrogens (tertiary/aromatic N) is 3. The summed E-state index contributed by atoms with van der Waals surface area (Å²) in [4.78, 5) is 25.5. The van der Waals surface area contributed by atoms with Crippen LogP contribution in [-0.4, -0.2) is 38.2 Å². The van der Waals surface area contributed by atoms with E-state index in [-0.39, 0.29) is 24.9 Å². The van der Waals surface area contributed by atoms with Crippen LogP contribution in [0.3, 0.4) is 0 Å². The van der Waals surface area contributed by atoms with Gasteiger partial charge in [-0.05, 0) is 48.9 Å². The molecule has 0 saturated heterocycles. The molecule has 3 aromatic rings. The van der Waals surface area contributed by atoms with E-state index < -0.39 is 11.8 Å². The number of amides is 1. The molecule has 0 atom stereocenters. The molecule has 0 aliphatic rings. The highest BCUT2D eigenvalue weighted by Gasteiger charge is 2.21. The Balaban J connectivity index is 2.17. The molecule has 0 aliphatic carbocycles. The Bertz CT molecular complexity index is 1110. The molecule has 0 spiro atoms. The number of carbonyl (C=O) groups is 2. The van der Waals surface area contributed by atoms with Gasteiger partial charge >= 0.3 is 5.97 Å². The Hall–Kier alpha value is -2.93. The van der Waals surface area contributed by atoms with Crippen LogP contribution in [0.1, 0.15) is 26.3 Å². The van der Waals surface area contributed by atoms with Crippen LogP contribution in [0, 0.1) is 11.7 Å². The second-order valence-electron chi connectivity index (χ2n) is 7.37. The maximum atomic E-state index is 14.1. The number of carbonyl (C=O) groups excluding carboxylic acids is 1. The topological polar surface area (TPSA) is 75.4 Å². The molecule has 0 fully saturated rings. The van der Waals surface area contributed by atoms with Crippen LogP contribution < -0.4 is 0 Å². The van der Waals surface area contributed by atoms with Gasteiger partial charge < -0.3 is 10.0 Å². The number of aromatic nitrogens is 2. The van der Waals surface area contributed by atoms with Gasteiger partial charge in [0.05, 0.1) is 5.52 Å². The lowest BCUT2D eigenvalue weighted by atomic mass is 10.0. The molecule has 0 radical (unpaired) electrons. The number of rotatable bonds is 7. The summed E-state index contributed by atoms with van der Waals surface area (Å²) in [6, 6.07) is 9.40. The van der Waals surface area contributed by atoms with Gasteiger partial charge in [-0.2, -0.15) is 5.10 Å². The number of carboxylic acids is 1. The summed E-state index contributed by atoms with van der Waals surface area (Å²) in [5.41, 5.74) is 2.32. The fourth-order valence-electron chi connectivity index (χ4n) is 3.44. The Morgan fingerprint density at radius 2 is 1.97 bits per heavy atom. The third-order valence-corrected chi connectivity index (χ3v) is 5.10. The fraction of sp³-hybridized carbons (Fsp3) is 0.318. The summed E-state index contributed by atoms with van der Waals surface area (Å²) in [5, 5.41) is 14.9. The summed E-state index contributed by atoms with van der Waals surface area (Å²) < 4.78 is 15.5. The number of carboxylic acid groups (broad SMARTS) is 1. The van der Waals surface area contributed by atoms with Crippen molar-refractivity contribution in [1.29, 1.82) is 0 Å². The number of aliphatic carboxylic acids is 1. The minimum atomic E-state index is -1.03. The highest BCUT2D eigenvalue weighted by atomic mass is 35.5. The molecule has 3 rings (SSSR count). The summed E-state index contributed by atoms with van der Waals surface area (Å²) >= 11 is 6.18. The smallest absolute Gasteiger partial charge is 0.325 e. The normalized spacial score (nSPS) is 11.3. The SMILES string of the molecule is CCN(Cc1cc(F)ccc1-c1nn(CC(=O)O)c2ccc(Cl)cc12)C(=O)C(C)C. The molecule has 6 nitrogen and oxygen atoms in total. The number of halogens is 2. The van der Waals surface area contributed by atoms with Crippen molar-refractivity contribution in [2.75, 3.05) is 6.54 Å². The Morgan fingerprint density at radius 1 is 1.23 bits per heavy atom. The van der Waals surface area contributed by atoms with Crippen molar-refractivity contribution in [3.05, 3.63) is 52.8 Å². The Labute approximate surface area is 178 Å². The molecule has 8 heteroatoms. The van der Waals surface area contributed by atoms with Gasteiger partial charge in [-0.25, -0.2) is 4.39 Å². The van der Waals surface area contributed by atoms with E-state index in [2.05, 4.69) is 5.10 Å². The van der Waals surface area contributed by atoms with Gasteiger partial charge in [-0.15, -0.1) is 0 Å². The van der Waals surface area contributed by atoms with E-state index in [4.69, 9.17) is 11.6 Å². The van der Waals surface area contributed by atoms with E-state index in [1.165, 1.54) is 16.8 Å². The van der Waals surface area contributed by atoms with Crippen molar-refractivity contribution < 1.29 is 19.1 Å². The van der Waals surface area contributed by atoms with Crippen LogP contribution >= 0.6 is 11.6 Å². The van der Waals surface area contributed by atoms with E-state index in [1.54, 1.807) is 29.2 Å². The molecule has 0 saturated carbocycles. The molecule has 1 heterocycles. The molecule has 2 aromatic carbocycles. The van der Waals surface area contributed by atoms with Crippen molar-refractivity contribution in [3.63, 3.8) is 0 Å². The lowest BCUT2D eigenvalue weighted by Crippen LogP contribution is -2.33. The third kappa shape index (κ3) is 4.46. The zero-order valence-corrected chi connectivity index (χ0v) is 17.8. The van der Waals surface area contributed by atoms with Gasteiger partial charge in [0.15, 0.2) is 0 Å². The summed E-state index contributed by atoms with van der Waals surface area (Å²) in [6.45, 7) is 5.89. The minimum absolute atomic E-state index is 0.0305. The van der Waals surface area contributed by atoms with Gasteiger partial charge in [0.1, 0.15) is 18.1 Å².